The molecule has 0 saturated carbocycles. The number of rotatable bonds is 5. The summed E-state index contributed by atoms with van der Waals surface area (Å²) in [6.07, 6.45) is 5.78. The van der Waals surface area contributed by atoms with E-state index in [-0.39, 0.29) is 0 Å². The molecule has 0 aromatic carbocycles. The highest BCUT2D eigenvalue weighted by atomic mass is 16.5. The summed E-state index contributed by atoms with van der Waals surface area (Å²) in [6, 6.07) is 0. The van der Waals surface area contributed by atoms with Crippen molar-refractivity contribution in [3.8, 4) is 12.3 Å². The van der Waals surface area contributed by atoms with Crippen LogP contribution in [0.5, 0.6) is 0 Å². The standard InChI is InChI=1S/C9H18NO/c1-5-6-8-11-9-7-10(2,3)4/h1H,6-9H2,2-4H3/q+1. The van der Waals surface area contributed by atoms with Gasteiger partial charge in [-0.1, -0.05) is 0 Å². The van der Waals surface area contributed by atoms with E-state index >= 15 is 0 Å². The van der Waals surface area contributed by atoms with Crippen LogP contribution in [0.4, 0.5) is 0 Å². The molecule has 0 radical (unpaired) electrons. The lowest BCUT2D eigenvalue weighted by Crippen LogP contribution is -2.37. The predicted molar refractivity (Wildman–Crippen MR) is 47.2 cm³/mol. The zero-order valence-electron chi connectivity index (χ0n) is 7.76. The minimum atomic E-state index is 0.691. The second-order valence-corrected chi connectivity index (χ2v) is 3.58. The van der Waals surface area contributed by atoms with Gasteiger partial charge in [-0.2, -0.15) is 0 Å². The van der Waals surface area contributed by atoms with Crippen molar-refractivity contribution in [2.45, 2.75) is 6.42 Å². The Balaban J connectivity index is 3.10. The minimum absolute atomic E-state index is 0.691. The highest BCUT2D eigenvalue weighted by Gasteiger charge is 2.04. The van der Waals surface area contributed by atoms with Crippen molar-refractivity contribution >= 4 is 0 Å². The summed E-state index contributed by atoms with van der Waals surface area (Å²) in [6.45, 7) is 2.52. The fourth-order valence-electron chi connectivity index (χ4n) is 0.572. The summed E-state index contributed by atoms with van der Waals surface area (Å²) < 4.78 is 6.23. The van der Waals surface area contributed by atoms with Crippen LogP contribution in [-0.4, -0.2) is 45.4 Å². The Bertz CT molecular complexity index is 129. The second kappa shape index (κ2) is 5.17. The highest BCUT2D eigenvalue weighted by Crippen LogP contribution is 1.89. The topological polar surface area (TPSA) is 9.23 Å². The van der Waals surface area contributed by atoms with Crippen LogP contribution in [0, 0.1) is 12.3 Å². The zero-order chi connectivity index (χ0) is 8.74. The fourth-order valence-corrected chi connectivity index (χ4v) is 0.572. The van der Waals surface area contributed by atoms with E-state index in [1.54, 1.807) is 0 Å². The smallest absolute Gasteiger partial charge is 0.102 e. The van der Waals surface area contributed by atoms with E-state index in [2.05, 4.69) is 27.1 Å². The number of quaternary nitrogens is 1. The van der Waals surface area contributed by atoms with Gasteiger partial charge in [0.05, 0.1) is 34.4 Å². The van der Waals surface area contributed by atoms with E-state index in [9.17, 15) is 0 Å². The maximum atomic E-state index is 5.29. The van der Waals surface area contributed by atoms with Crippen molar-refractivity contribution in [2.24, 2.45) is 0 Å². The third-order valence-electron chi connectivity index (χ3n) is 1.30. The van der Waals surface area contributed by atoms with Gasteiger partial charge in [-0.05, 0) is 0 Å². The summed E-state index contributed by atoms with van der Waals surface area (Å²) in [5.41, 5.74) is 0. The SMILES string of the molecule is C#CCCOCC[N+](C)(C)C. The molecule has 0 amide bonds. The largest absolute Gasteiger partial charge is 0.375 e. The Morgan fingerprint density at radius 2 is 1.91 bits per heavy atom. The number of likely N-dealkylation sites (N-methyl/N-ethyl adjacent to an activating group) is 1. The summed E-state index contributed by atoms with van der Waals surface area (Å²) in [5.74, 6) is 2.54. The maximum absolute atomic E-state index is 5.29. The van der Waals surface area contributed by atoms with E-state index in [4.69, 9.17) is 11.2 Å². The molecule has 0 aliphatic carbocycles. The average Bonchev–Trinajstić information content (AvgIpc) is 1.85. The quantitative estimate of drug-likeness (QED) is 0.324. The van der Waals surface area contributed by atoms with E-state index < -0.39 is 0 Å². The molecule has 0 saturated heterocycles. The molecular weight excluding hydrogens is 138 g/mol. The van der Waals surface area contributed by atoms with E-state index in [1.165, 1.54) is 0 Å². The first-order valence-electron chi connectivity index (χ1n) is 3.88. The number of hydrogen-bond donors (Lipinski definition) is 0. The van der Waals surface area contributed by atoms with Gasteiger partial charge in [-0.15, -0.1) is 12.3 Å². The molecule has 2 nitrogen and oxygen atoms in total. The van der Waals surface area contributed by atoms with Crippen LogP contribution in [0.3, 0.4) is 0 Å². The Kier molecular flexibility index (Phi) is 4.93. The van der Waals surface area contributed by atoms with Gasteiger partial charge in [0, 0.05) is 6.42 Å². The molecule has 0 aromatic heterocycles. The Morgan fingerprint density at radius 1 is 1.27 bits per heavy atom. The van der Waals surface area contributed by atoms with Crippen LogP contribution < -0.4 is 0 Å². The fraction of sp³-hybridized carbons (Fsp3) is 0.778. The summed E-state index contributed by atoms with van der Waals surface area (Å²) in [5, 5.41) is 0. The molecule has 0 aliphatic rings. The molecule has 0 atom stereocenters. The Hall–Kier alpha value is -0.520. The first kappa shape index (κ1) is 10.5. The molecule has 2 heteroatoms. The van der Waals surface area contributed by atoms with E-state index in [0.29, 0.717) is 6.61 Å². The number of ether oxygens (including phenoxy) is 1. The summed E-state index contributed by atoms with van der Waals surface area (Å²) in [4.78, 5) is 0. The summed E-state index contributed by atoms with van der Waals surface area (Å²) in [7, 11) is 6.43. The number of hydrogen-bond acceptors (Lipinski definition) is 1. The molecule has 0 aliphatic heterocycles. The van der Waals surface area contributed by atoms with Crippen molar-refractivity contribution in [2.75, 3.05) is 40.9 Å². The van der Waals surface area contributed by atoms with Crippen LogP contribution >= 0.6 is 0 Å². The monoisotopic (exact) mass is 156 g/mol. The molecule has 0 unspecified atom stereocenters. The van der Waals surface area contributed by atoms with Crippen LogP contribution in [-0.2, 0) is 4.74 Å². The molecule has 11 heavy (non-hydrogen) atoms. The highest BCUT2D eigenvalue weighted by molar-refractivity contribution is 4.82. The van der Waals surface area contributed by atoms with E-state index in [0.717, 1.165) is 24.1 Å². The van der Waals surface area contributed by atoms with Crippen LogP contribution in [0.25, 0.3) is 0 Å². The van der Waals surface area contributed by atoms with Gasteiger partial charge in [0.1, 0.15) is 6.54 Å². The molecule has 0 heterocycles. The Labute approximate surface area is 69.7 Å². The van der Waals surface area contributed by atoms with Crippen molar-refractivity contribution in [1.82, 2.24) is 0 Å². The molecule has 0 fully saturated rings. The van der Waals surface area contributed by atoms with Crippen LogP contribution in [0.1, 0.15) is 6.42 Å². The molecule has 0 aromatic rings. The molecule has 0 bridgehead atoms. The van der Waals surface area contributed by atoms with Gasteiger partial charge in [0.15, 0.2) is 0 Å². The van der Waals surface area contributed by atoms with Crippen molar-refractivity contribution in [3.05, 3.63) is 0 Å². The lowest BCUT2D eigenvalue weighted by molar-refractivity contribution is -0.870. The van der Waals surface area contributed by atoms with Crippen molar-refractivity contribution in [3.63, 3.8) is 0 Å². The lowest BCUT2D eigenvalue weighted by atomic mass is 10.5. The zero-order valence-corrected chi connectivity index (χ0v) is 7.76. The average molecular weight is 156 g/mol. The third kappa shape index (κ3) is 9.48. The first-order chi connectivity index (χ1) is 5.06. The molecule has 0 spiro atoms. The summed E-state index contributed by atoms with van der Waals surface area (Å²) >= 11 is 0. The van der Waals surface area contributed by atoms with Gasteiger partial charge in [-0.25, -0.2) is 0 Å². The van der Waals surface area contributed by atoms with Crippen molar-refractivity contribution < 1.29 is 9.22 Å². The lowest BCUT2D eigenvalue weighted by Gasteiger charge is -2.23. The van der Waals surface area contributed by atoms with Gasteiger partial charge in [0.25, 0.3) is 0 Å². The minimum Gasteiger partial charge on any atom is -0.375 e. The molecule has 0 rings (SSSR count). The molecular formula is C9H18NO+. The predicted octanol–water partition coefficient (Wildman–Crippen LogP) is 0.732. The van der Waals surface area contributed by atoms with Crippen LogP contribution in [0.15, 0.2) is 0 Å². The Morgan fingerprint density at radius 3 is 2.36 bits per heavy atom. The third-order valence-corrected chi connectivity index (χ3v) is 1.30. The van der Waals surface area contributed by atoms with Gasteiger partial charge in [-0.3, -0.25) is 0 Å². The van der Waals surface area contributed by atoms with Crippen LogP contribution in [0.2, 0.25) is 0 Å². The van der Waals surface area contributed by atoms with Gasteiger partial charge >= 0.3 is 0 Å². The van der Waals surface area contributed by atoms with E-state index in [1.807, 2.05) is 0 Å². The number of terminal acetylenes is 1. The van der Waals surface area contributed by atoms with Gasteiger partial charge < -0.3 is 9.22 Å². The second-order valence-electron chi connectivity index (χ2n) is 3.58. The maximum Gasteiger partial charge on any atom is 0.102 e. The normalized spacial score (nSPS) is 11.1. The first-order valence-corrected chi connectivity index (χ1v) is 3.88. The van der Waals surface area contributed by atoms with Crippen molar-refractivity contribution in [1.29, 1.82) is 0 Å². The molecule has 64 valence electrons. The molecule has 0 N–H and O–H groups in total. The van der Waals surface area contributed by atoms with Gasteiger partial charge in [0.2, 0.25) is 0 Å². The number of nitrogens with zero attached hydrogens (tertiary/aromatic N) is 1.